The van der Waals surface area contributed by atoms with Gasteiger partial charge in [-0.05, 0) is 96.9 Å². The van der Waals surface area contributed by atoms with Gasteiger partial charge in [0.05, 0.1) is 33.2 Å². The van der Waals surface area contributed by atoms with E-state index in [4.69, 9.17) is 24.1 Å². The molecule has 0 aromatic rings. The van der Waals surface area contributed by atoms with Gasteiger partial charge in [-0.25, -0.2) is 0 Å². The molecule has 0 atom stereocenters. The predicted octanol–water partition coefficient (Wildman–Crippen LogP) is 3.89. The molecule has 11 heteroatoms. The molecule has 0 saturated carbocycles. The Bertz CT molecular complexity index is 526. The molecule has 0 rings (SSSR count). The summed E-state index contributed by atoms with van der Waals surface area (Å²) in [5.74, 6) is 1.73. The molecule has 0 unspecified atom stereocenters. The minimum Gasteiger partial charge on any atom is -0.481 e. The van der Waals surface area contributed by atoms with Gasteiger partial charge in [-0.3, -0.25) is 10.1 Å². The van der Waals surface area contributed by atoms with E-state index >= 15 is 0 Å². The molecule has 5 N–H and O–H groups in total. The monoisotopic (exact) mass is 622 g/mol. The number of carboxylic acids is 1. The summed E-state index contributed by atoms with van der Waals surface area (Å²) in [5.41, 5.74) is 0. The van der Waals surface area contributed by atoms with Gasteiger partial charge in [-0.2, -0.15) is 11.8 Å². The normalized spacial score (nSPS) is 11.5. The molecule has 0 amide bonds. The van der Waals surface area contributed by atoms with Crippen LogP contribution in [0.2, 0.25) is 0 Å². The molecule has 0 saturated heterocycles. The van der Waals surface area contributed by atoms with Crippen LogP contribution in [-0.2, 0) is 23.7 Å². The predicted molar refractivity (Wildman–Crippen MR) is 176 cm³/mol. The second kappa shape index (κ2) is 38.5. The van der Waals surface area contributed by atoms with E-state index in [2.05, 4.69) is 33.0 Å². The maximum absolute atomic E-state index is 10.4. The molecule has 0 aromatic carbocycles. The van der Waals surface area contributed by atoms with Crippen LogP contribution >= 0.6 is 11.8 Å². The van der Waals surface area contributed by atoms with Crippen LogP contribution < -0.4 is 21.3 Å². The maximum Gasteiger partial charge on any atom is 0.303 e. The Morgan fingerprint density at radius 2 is 1.00 bits per heavy atom. The van der Waals surface area contributed by atoms with Crippen molar-refractivity contribution >= 4 is 17.7 Å². The third-order valence-corrected chi connectivity index (χ3v) is 7.52. The number of rotatable bonds is 38. The Balaban J connectivity index is 3.03. The first-order valence-corrected chi connectivity index (χ1v) is 17.9. The first-order valence-electron chi connectivity index (χ1n) is 16.7. The summed E-state index contributed by atoms with van der Waals surface area (Å²) >= 11 is 2.05. The molecule has 0 aliphatic rings. The van der Waals surface area contributed by atoms with Gasteiger partial charge >= 0.3 is 5.97 Å². The number of aliphatic carboxylic acids is 1. The van der Waals surface area contributed by atoms with Crippen LogP contribution in [0.5, 0.6) is 0 Å². The van der Waals surface area contributed by atoms with Gasteiger partial charge in [0.2, 0.25) is 0 Å². The summed E-state index contributed by atoms with van der Waals surface area (Å²) in [6.45, 7) is 14.3. The van der Waals surface area contributed by atoms with Crippen molar-refractivity contribution in [3.8, 4) is 0 Å². The van der Waals surface area contributed by atoms with Crippen LogP contribution in [0.15, 0.2) is 0 Å². The van der Waals surface area contributed by atoms with Crippen LogP contribution in [0.1, 0.15) is 84.0 Å². The number of carboxylic acid groups (broad SMARTS) is 1. The van der Waals surface area contributed by atoms with Gasteiger partial charge in [-0.15, -0.1) is 0 Å². The Hall–Kier alpha value is -0.500. The zero-order valence-corrected chi connectivity index (χ0v) is 27.7. The van der Waals surface area contributed by atoms with Gasteiger partial charge in [0, 0.05) is 38.5 Å². The largest absolute Gasteiger partial charge is 0.481 e. The molecule has 42 heavy (non-hydrogen) atoms. The number of hydrogen-bond donors (Lipinski definition) is 5. The van der Waals surface area contributed by atoms with Crippen molar-refractivity contribution in [3.63, 3.8) is 0 Å². The molecule has 0 aliphatic carbocycles. The summed E-state index contributed by atoms with van der Waals surface area (Å²) < 4.78 is 21.9. The van der Waals surface area contributed by atoms with Crippen molar-refractivity contribution in [2.75, 3.05) is 110 Å². The van der Waals surface area contributed by atoms with E-state index in [0.717, 1.165) is 71.9 Å². The van der Waals surface area contributed by atoms with Gasteiger partial charge in [-0.1, -0.05) is 25.7 Å². The van der Waals surface area contributed by atoms with E-state index in [9.17, 15) is 4.79 Å². The summed E-state index contributed by atoms with van der Waals surface area (Å²) in [6, 6.07) is 0. The average Bonchev–Trinajstić information content (AvgIpc) is 2.98. The Morgan fingerprint density at radius 1 is 0.524 bits per heavy atom. The van der Waals surface area contributed by atoms with E-state index in [1.54, 1.807) is 0 Å². The van der Waals surface area contributed by atoms with Gasteiger partial charge in [0.25, 0.3) is 0 Å². The third-order valence-electron chi connectivity index (χ3n) is 6.45. The van der Waals surface area contributed by atoms with Gasteiger partial charge in [0.15, 0.2) is 0 Å². The molecular formula is C31H66N4O6S. The van der Waals surface area contributed by atoms with Crippen molar-refractivity contribution in [3.05, 3.63) is 0 Å². The number of thioether (sulfide) groups is 1. The summed E-state index contributed by atoms with van der Waals surface area (Å²) in [7, 11) is 0. The van der Waals surface area contributed by atoms with Crippen molar-refractivity contribution < 1.29 is 28.8 Å². The molecule has 0 heterocycles. The Labute approximate surface area is 261 Å². The first kappa shape index (κ1) is 41.5. The van der Waals surface area contributed by atoms with Crippen LogP contribution in [0.3, 0.4) is 0 Å². The van der Waals surface area contributed by atoms with E-state index in [-0.39, 0.29) is 6.42 Å². The lowest BCUT2D eigenvalue weighted by atomic mass is 10.1. The van der Waals surface area contributed by atoms with Crippen molar-refractivity contribution in [2.24, 2.45) is 0 Å². The molecule has 10 nitrogen and oxygen atoms in total. The van der Waals surface area contributed by atoms with Crippen molar-refractivity contribution in [1.82, 2.24) is 21.3 Å². The lowest BCUT2D eigenvalue weighted by molar-refractivity contribution is -0.137. The minimum atomic E-state index is -0.741. The number of unbranched alkanes of at least 4 members (excludes halogenated alkanes) is 6. The molecule has 0 bridgehead atoms. The standard InChI is InChI=1S/C31H66N4O6S/c1-2-38-30-35-21-29-42-28-10-6-4-3-5-7-15-32-16-8-9-17-33-19-12-22-39-24-26-41-27-25-40-23-13-20-34-18-11-14-31(36)37/h32-35H,2-30H2,1H3,(H,36,37). The number of ether oxygens (including phenoxy) is 4. The molecular weight excluding hydrogens is 556 g/mol. The Kier molecular flexibility index (Phi) is 38.1. The second-order valence-corrected chi connectivity index (χ2v) is 11.6. The molecule has 252 valence electrons. The highest BCUT2D eigenvalue weighted by molar-refractivity contribution is 7.99. The minimum absolute atomic E-state index is 0.219. The van der Waals surface area contributed by atoms with Crippen LogP contribution in [-0.4, -0.2) is 121 Å². The highest BCUT2D eigenvalue weighted by Gasteiger charge is 1.97. The molecule has 0 aliphatic heterocycles. The zero-order chi connectivity index (χ0) is 30.4. The second-order valence-electron chi connectivity index (χ2n) is 10.4. The quantitative estimate of drug-likeness (QED) is 0.0509. The van der Waals surface area contributed by atoms with Gasteiger partial charge < -0.3 is 40.0 Å². The molecule has 0 aromatic heterocycles. The molecule has 0 fully saturated rings. The third kappa shape index (κ3) is 39.5. The maximum atomic E-state index is 10.4. The first-order chi connectivity index (χ1) is 20.8. The van der Waals surface area contributed by atoms with Gasteiger partial charge in [0.1, 0.15) is 0 Å². The van der Waals surface area contributed by atoms with Crippen molar-refractivity contribution in [1.29, 1.82) is 0 Å². The van der Waals surface area contributed by atoms with Crippen LogP contribution in [0.4, 0.5) is 0 Å². The zero-order valence-electron chi connectivity index (χ0n) is 26.9. The summed E-state index contributed by atoms with van der Waals surface area (Å²) in [5, 5.41) is 22.2. The van der Waals surface area contributed by atoms with E-state index in [1.165, 1.54) is 62.9 Å². The Morgan fingerprint density at radius 3 is 1.57 bits per heavy atom. The van der Waals surface area contributed by atoms with E-state index < -0.39 is 5.97 Å². The number of nitrogens with one attached hydrogen (secondary N) is 4. The summed E-state index contributed by atoms with van der Waals surface area (Å²) in [6.07, 6.45) is 13.4. The summed E-state index contributed by atoms with van der Waals surface area (Å²) in [4.78, 5) is 10.4. The van der Waals surface area contributed by atoms with E-state index in [0.29, 0.717) is 46.2 Å². The lowest BCUT2D eigenvalue weighted by Gasteiger charge is -2.08. The fraction of sp³-hybridized carbons (Fsp3) is 0.968. The molecule has 0 spiro atoms. The average molecular weight is 623 g/mol. The SMILES string of the molecule is CCOCNCCSCCCCCCCCNCCCCNCCCOCCOCCOCCCNCCCC(=O)O. The number of carbonyl (C=O) groups is 1. The number of hydrogen-bond acceptors (Lipinski definition) is 10. The van der Waals surface area contributed by atoms with Crippen LogP contribution in [0, 0.1) is 0 Å². The fourth-order valence-corrected chi connectivity index (χ4v) is 4.94. The lowest BCUT2D eigenvalue weighted by Crippen LogP contribution is -2.21. The van der Waals surface area contributed by atoms with Crippen LogP contribution in [0.25, 0.3) is 0 Å². The topological polar surface area (TPSA) is 122 Å². The fourth-order valence-electron chi connectivity index (χ4n) is 4.03. The highest BCUT2D eigenvalue weighted by atomic mass is 32.2. The molecule has 0 radical (unpaired) electrons. The van der Waals surface area contributed by atoms with E-state index in [1.807, 2.05) is 6.92 Å². The van der Waals surface area contributed by atoms with Crippen molar-refractivity contribution in [2.45, 2.75) is 84.0 Å². The smallest absolute Gasteiger partial charge is 0.303 e. The highest BCUT2D eigenvalue weighted by Crippen LogP contribution is 2.09.